The van der Waals surface area contributed by atoms with Gasteiger partial charge in [0.05, 0.1) is 4.92 Å². The average Bonchev–Trinajstić information content (AvgIpc) is 2.54. The fourth-order valence-electron chi connectivity index (χ4n) is 2.60. The maximum atomic E-state index is 12.3. The molecule has 2 amide bonds. The van der Waals surface area contributed by atoms with Gasteiger partial charge in [-0.2, -0.15) is 0 Å². The van der Waals surface area contributed by atoms with Crippen molar-refractivity contribution in [2.24, 2.45) is 0 Å². The Bertz CT molecular complexity index is 730. The fraction of sp³-hybridized carbons (Fsp3) is 0.188. The van der Waals surface area contributed by atoms with Crippen LogP contribution in [-0.4, -0.2) is 22.4 Å². The van der Waals surface area contributed by atoms with Crippen LogP contribution in [0.15, 0.2) is 48.5 Å². The zero-order chi connectivity index (χ0) is 15.5. The van der Waals surface area contributed by atoms with Crippen molar-refractivity contribution in [3.05, 3.63) is 69.8 Å². The molecule has 0 fully saturated rings. The van der Waals surface area contributed by atoms with E-state index < -0.39 is 4.92 Å². The summed E-state index contributed by atoms with van der Waals surface area (Å²) in [6.07, 6.45) is 0.792. The lowest BCUT2D eigenvalue weighted by molar-refractivity contribution is -0.383. The predicted molar refractivity (Wildman–Crippen MR) is 82.7 cm³/mol. The molecular formula is C16H15N3O3. The van der Waals surface area contributed by atoms with Crippen LogP contribution in [0.4, 0.5) is 16.2 Å². The van der Waals surface area contributed by atoms with Gasteiger partial charge < -0.3 is 10.2 Å². The van der Waals surface area contributed by atoms with Crippen molar-refractivity contribution in [3.8, 4) is 0 Å². The van der Waals surface area contributed by atoms with E-state index in [1.807, 2.05) is 18.2 Å². The molecule has 1 N–H and O–H groups in total. The first-order valence-electron chi connectivity index (χ1n) is 7.01. The number of amides is 2. The highest BCUT2D eigenvalue weighted by atomic mass is 16.6. The van der Waals surface area contributed by atoms with Gasteiger partial charge in [0.1, 0.15) is 5.69 Å². The van der Waals surface area contributed by atoms with Crippen LogP contribution >= 0.6 is 0 Å². The summed E-state index contributed by atoms with van der Waals surface area (Å²) in [5.74, 6) is 0. The predicted octanol–water partition coefficient (Wildman–Crippen LogP) is 3.19. The van der Waals surface area contributed by atoms with Gasteiger partial charge in [-0.3, -0.25) is 10.1 Å². The van der Waals surface area contributed by atoms with Gasteiger partial charge in [0, 0.05) is 19.2 Å². The molecule has 1 heterocycles. The molecule has 3 rings (SSSR count). The van der Waals surface area contributed by atoms with Crippen LogP contribution in [0.5, 0.6) is 0 Å². The van der Waals surface area contributed by atoms with E-state index in [0.29, 0.717) is 13.1 Å². The number of hydrogen-bond donors (Lipinski definition) is 1. The maximum Gasteiger partial charge on any atom is 0.322 e. The van der Waals surface area contributed by atoms with Gasteiger partial charge in [0.25, 0.3) is 5.69 Å². The number of fused-ring (bicyclic) bond motifs is 1. The van der Waals surface area contributed by atoms with Gasteiger partial charge in [-0.1, -0.05) is 36.4 Å². The number of anilines is 1. The minimum atomic E-state index is -0.499. The first-order chi connectivity index (χ1) is 10.6. The van der Waals surface area contributed by atoms with Crippen LogP contribution in [0.1, 0.15) is 11.1 Å². The minimum Gasteiger partial charge on any atom is -0.320 e. The SMILES string of the molecule is O=C(Nc1ccccc1[N+](=O)[O-])N1CCc2ccccc2C1. The molecule has 0 saturated carbocycles. The summed E-state index contributed by atoms with van der Waals surface area (Å²) >= 11 is 0. The Hall–Kier alpha value is -2.89. The monoisotopic (exact) mass is 297 g/mol. The van der Waals surface area contributed by atoms with Crippen molar-refractivity contribution in [2.75, 3.05) is 11.9 Å². The van der Waals surface area contributed by atoms with Crippen molar-refractivity contribution in [3.63, 3.8) is 0 Å². The zero-order valence-electron chi connectivity index (χ0n) is 11.9. The average molecular weight is 297 g/mol. The lowest BCUT2D eigenvalue weighted by Gasteiger charge is -2.28. The molecule has 2 aromatic carbocycles. The Morgan fingerprint density at radius 1 is 1.09 bits per heavy atom. The molecule has 6 heteroatoms. The number of rotatable bonds is 2. The van der Waals surface area contributed by atoms with Crippen molar-refractivity contribution >= 4 is 17.4 Å². The maximum absolute atomic E-state index is 12.3. The number of nitrogens with zero attached hydrogens (tertiary/aromatic N) is 2. The second kappa shape index (κ2) is 5.85. The van der Waals surface area contributed by atoms with E-state index in [1.165, 1.54) is 17.7 Å². The topological polar surface area (TPSA) is 75.5 Å². The summed E-state index contributed by atoms with van der Waals surface area (Å²) in [5, 5.41) is 13.6. The Kier molecular flexibility index (Phi) is 3.74. The Labute approximate surface area is 127 Å². The second-order valence-electron chi connectivity index (χ2n) is 5.14. The second-order valence-corrected chi connectivity index (χ2v) is 5.14. The highest BCUT2D eigenvalue weighted by Gasteiger charge is 2.22. The van der Waals surface area contributed by atoms with E-state index in [-0.39, 0.29) is 17.4 Å². The smallest absolute Gasteiger partial charge is 0.320 e. The molecule has 0 aliphatic carbocycles. The van der Waals surface area contributed by atoms with Gasteiger partial charge in [-0.15, -0.1) is 0 Å². The molecule has 1 aliphatic rings. The zero-order valence-corrected chi connectivity index (χ0v) is 11.9. The van der Waals surface area contributed by atoms with E-state index in [0.717, 1.165) is 12.0 Å². The number of nitro benzene ring substituents is 1. The van der Waals surface area contributed by atoms with Crippen LogP contribution in [0.25, 0.3) is 0 Å². The van der Waals surface area contributed by atoms with E-state index >= 15 is 0 Å². The van der Waals surface area contributed by atoms with Crippen LogP contribution in [0.3, 0.4) is 0 Å². The summed E-state index contributed by atoms with van der Waals surface area (Å²) in [4.78, 5) is 24.5. The lowest BCUT2D eigenvalue weighted by Crippen LogP contribution is -2.38. The third-order valence-electron chi connectivity index (χ3n) is 3.76. The molecule has 0 unspecified atom stereocenters. The fourth-order valence-corrected chi connectivity index (χ4v) is 2.60. The van der Waals surface area contributed by atoms with Crippen molar-refractivity contribution in [1.29, 1.82) is 0 Å². The summed E-state index contributed by atoms with van der Waals surface area (Å²) in [6, 6.07) is 13.8. The third kappa shape index (κ3) is 2.76. The van der Waals surface area contributed by atoms with Crippen LogP contribution in [0.2, 0.25) is 0 Å². The molecule has 0 atom stereocenters. The first-order valence-corrected chi connectivity index (χ1v) is 7.01. The quantitative estimate of drug-likeness (QED) is 0.683. The highest BCUT2D eigenvalue weighted by molar-refractivity contribution is 5.91. The molecule has 0 bridgehead atoms. The minimum absolute atomic E-state index is 0.103. The number of carbonyl (C=O) groups excluding carboxylic acids is 1. The number of carbonyl (C=O) groups is 1. The van der Waals surface area contributed by atoms with Gasteiger partial charge in [-0.25, -0.2) is 4.79 Å². The largest absolute Gasteiger partial charge is 0.322 e. The number of nitro groups is 1. The lowest BCUT2D eigenvalue weighted by atomic mass is 10.0. The summed E-state index contributed by atoms with van der Waals surface area (Å²) in [6.45, 7) is 1.12. The summed E-state index contributed by atoms with van der Waals surface area (Å²) in [5.41, 5.74) is 2.48. The molecule has 6 nitrogen and oxygen atoms in total. The molecule has 1 aliphatic heterocycles. The van der Waals surface area contributed by atoms with Crippen LogP contribution in [0, 0.1) is 10.1 Å². The van der Waals surface area contributed by atoms with Crippen molar-refractivity contribution < 1.29 is 9.72 Å². The normalized spacial score (nSPS) is 13.4. The van der Waals surface area contributed by atoms with E-state index in [2.05, 4.69) is 11.4 Å². The summed E-state index contributed by atoms with van der Waals surface area (Å²) < 4.78 is 0. The Morgan fingerprint density at radius 2 is 1.77 bits per heavy atom. The standard InChI is InChI=1S/C16H15N3O3/c20-16(17-14-7-3-4-8-15(14)19(21)22)18-10-9-12-5-1-2-6-13(12)11-18/h1-8H,9-11H2,(H,17,20). The first kappa shape index (κ1) is 14.1. The van der Waals surface area contributed by atoms with E-state index in [4.69, 9.17) is 0 Å². The molecule has 0 saturated heterocycles. The molecule has 0 aromatic heterocycles. The van der Waals surface area contributed by atoms with E-state index in [1.54, 1.807) is 17.0 Å². The number of urea groups is 1. The van der Waals surface area contributed by atoms with Crippen molar-refractivity contribution in [2.45, 2.75) is 13.0 Å². The molecule has 2 aromatic rings. The summed E-state index contributed by atoms with van der Waals surface area (Å²) in [7, 11) is 0. The van der Waals surface area contributed by atoms with Gasteiger partial charge >= 0.3 is 6.03 Å². The van der Waals surface area contributed by atoms with Gasteiger partial charge in [-0.05, 0) is 23.6 Å². The Morgan fingerprint density at radius 3 is 2.55 bits per heavy atom. The number of para-hydroxylation sites is 2. The van der Waals surface area contributed by atoms with Gasteiger partial charge in [0.15, 0.2) is 0 Å². The van der Waals surface area contributed by atoms with Gasteiger partial charge in [0.2, 0.25) is 0 Å². The van der Waals surface area contributed by atoms with Crippen molar-refractivity contribution in [1.82, 2.24) is 4.90 Å². The number of benzene rings is 2. The molecule has 0 spiro atoms. The number of nitrogens with one attached hydrogen (secondary N) is 1. The van der Waals surface area contributed by atoms with E-state index in [9.17, 15) is 14.9 Å². The molecule has 22 heavy (non-hydrogen) atoms. The molecule has 0 radical (unpaired) electrons. The Balaban J connectivity index is 1.75. The van der Waals surface area contributed by atoms with Crippen LogP contribution < -0.4 is 5.32 Å². The number of hydrogen-bond acceptors (Lipinski definition) is 3. The third-order valence-corrected chi connectivity index (χ3v) is 3.76. The van der Waals surface area contributed by atoms with Crippen LogP contribution in [-0.2, 0) is 13.0 Å². The molecular weight excluding hydrogens is 282 g/mol. The molecule has 112 valence electrons. The highest BCUT2D eigenvalue weighted by Crippen LogP contribution is 2.25.